The summed E-state index contributed by atoms with van der Waals surface area (Å²) in [5, 5.41) is 0.622. The summed E-state index contributed by atoms with van der Waals surface area (Å²) < 4.78 is 5.72. The second kappa shape index (κ2) is 5.61. The lowest BCUT2D eigenvalue weighted by atomic mass is 10.2. The minimum atomic E-state index is -0.458. The van der Waals surface area contributed by atoms with Crippen molar-refractivity contribution in [3.63, 3.8) is 0 Å². The number of carbonyl (C=O) groups is 1. The van der Waals surface area contributed by atoms with Crippen LogP contribution in [0.4, 0.5) is 0 Å². The molecule has 1 aliphatic rings. The number of amides is 1. The van der Waals surface area contributed by atoms with Crippen molar-refractivity contribution in [2.45, 2.75) is 32.8 Å². The van der Waals surface area contributed by atoms with Crippen molar-refractivity contribution >= 4 is 17.5 Å². The molecule has 4 heteroatoms. The Kier molecular flexibility index (Phi) is 4.12. The van der Waals surface area contributed by atoms with Gasteiger partial charge in [-0.1, -0.05) is 17.7 Å². The molecule has 18 heavy (non-hydrogen) atoms. The van der Waals surface area contributed by atoms with Crippen LogP contribution in [0.25, 0.3) is 0 Å². The zero-order valence-electron chi connectivity index (χ0n) is 10.8. The van der Waals surface area contributed by atoms with Crippen LogP contribution in [0.15, 0.2) is 18.2 Å². The first-order valence-electron chi connectivity index (χ1n) is 6.29. The highest BCUT2D eigenvalue weighted by Crippen LogP contribution is 2.24. The van der Waals surface area contributed by atoms with Gasteiger partial charge in [0, 0.05) is 18.1 Å². The number of ether oxygens (including phenoxy) is 1. The maximum Gasteiger partial charge on any atom is 0.263 e. The van der Waals surface area contributed by atoms with Crippen LogP contribution in [0.3, 0.4) is 0 Å². The third-order valence-electron chi connectivity index (χ3n) is 3.22. The van der Waals surface area contributed by atoms with Crippen molar-refractivity contribution in [2.75, 3.05) is 13.1 Å². The number of benzene rings is 1. The van der Waals surface area contributed by atoms with Crippen LogP contribution in [0.5, 0.6) is 5.75 Å². The predicted molar refractivity (Wildman–Crippen MR) is 72.1 cm³/mol. The molecular weight excluding hydrogens is 250 g/mol. The van der Waals surface area contributed by atoms with Gasteiger partial charge in [-0.2, -0.15) is 0 Å². The highest BCUT2D eigenvalue weighted by atomic mass is 35.5. The molecule has 1 aromatic carbocycles. The Balaban J connectivity index is 2.03. The molecule has 2 rings (SSSR count). The summed E-state index contributed by atoms with van der Waals surface area (Å²) in [5.41, 5.74) is 0.987. The fourth-order valence-electron chi connectivity index (χ4n) is 2.14. The monoisotopic (exact) mass is 267 g/mol. The molecule has 1 aliphatic heterocycles. The predicted octanol–water partition coefficient (Wildman–Crippen LogP) is 3.04. The molecule has 1 unspecified atom stereocenters. The SMILES string of the molecule is Cc1ccc(Cl)cc1OC(C)C(=O)N1CCCC1. The van der Waals surface area contributed by atoms with Crippen LogP contribution in [0, 0.1) is 6.92 Å². The average molecular weight is 268 g/mol. The van der Waals surface area contributed by atoms with Gasteiger partial charge in [0.05, 0.1) is 0 Å². The highest BCUT2D eigenvalue weighted by molar-refractivity contribution is 6.30. The number of aryl methyl sites for hydroxylation is 1. The van der Waals surface area contributed by atoms with Gasteiger partial charge < -0.3 is 9.64 Å². The normalized spacial score (nSPS) is 16.7. The summed E-state index contributed by atoms with van der Waals surface area (Å²) in [6, 6.07) is 5.46. The lowest BCUT2D eigenvalue weighted by Crippen LogP contribution is -2.38. The fraction of sp³-hybridized carbons (Fsp3) is 0.500. The van der Waals surface area contributed by atoms with Gasteiger partial charge in [0.25, 0.3) is 5.91 Å². The third kappa shape index (κ3) is 2.96. The van der Waals surface area contributed by atoms with E-state index in [-0.39, 0.29) is 5.91 Å². The van der Waals surface area contributed by atoms with Gasteiger partial charge in [0.2, 0.25) is 0 Å². The summed E-state index contributed by atoms with van der Waals surface area (Å²) >= 11 is 5.93. The van der Waals surface area contributed by atoms with Crippen LogP contribution in [0.2, 0.25) is 5.02 Å². The molecule has 1 aromatic rings. The molecule has 98 valence electrons. The number of nitrogens with zero attached hydrogens (tertiary/aromatic N) is 1. The third-order valence-corrected chi connectivity index (χ3v) is 3.45. The Morgan fingerprint density at radius 1 is 1.39 bits per heavy atom. The molecule has 1 atom stereocenters. The molecule has 0 radical (unpaired) electrons. The minimum Gasteiger partial charge on any atom is -0.481 e. The molecule has 3 nitrogen and oxygen atoms in total. The summed E-state index contributed by atoms with van der Waals surface area (Å²) in [7, 11) is 0. The van der Waals surface area contributed by atoms with Gasteiger partial charge in [-0.3, -0.25) is 4.79 Å². The fourth-order valence-corrected chi connectivity index (χ4v) is 2.30. The van der Waals surface area contributed by atoms with Crippen molar-refractivity contribution in [1.29, 1.82) is 0 Å². The van der Waals surface area contributed by atoms with Crippen molar-refractivity contribution in [2.24, 2.45) is 0 Å². The summed E-state index contributed by atoms with van der Waals surface area (Å²) in [6.45, 7) is 5.43. The van der Waals surface area contributed by atoms with Crippen LogP contribution in [0.1, 0.15) is 25.3 Å². The Labute approximate surface area is 113 Å². The van der Waals surface area contributed by atoms with Gasteiger partial charge in [-0.15, -0.1) is 0 Å². The molecule has 0 N–H and O–H groups in total. The van der Waals surface area contributed by atoms with Crippen LogP contribution in [-0.4, -0.2) is 30.0 Å². The van der Waals surface area contributed by atoms with Crippen molar-refractivity contribution < 1.29 is 9.53 Å². The molecule has 0 saturated carbocycles. The van der Waals surface area contributed by atoms with E-state index in [4.69, 9.17) is 16.3 Å². The molecule has 0 aromatic heterocycles. The summed E-state index contributed by atoms with van der Waals surface area (Å²) in [4.78, 5) is 14.0. The number of hydrogen-bond acceptors (Lipinski definition) is 2. The maximum absolute atomic E-state index is 12.1. The van der Waals surface area contributed by atoms with Gasteiger partial charge in [0.15, 0.2) is 6.10 Å². The van der Waals surface area contributed by atoms with E-state index >= 15 is 0 Å². The Morgan fingerprint density at radius 3 is 2.72 bits per heavy atom. The lowest BCUT2D eigenvalue weighted by molar-refractivity contribution is -0.136. The smallest absolute Gasteiger partial charge is 0.263 e. The van der Waals surface area contributed by atoms with Gasteiger partial charge in [-0.25, -0.2) is 0 Å². The van der Waals surface area contributed by atoms with E-state index in [0.29, 0.717) is 10.8 Å². The van der Waals surface area contributed by atoms with Crippen molar-refractivity contribution in [1.82, 2.24) is 4.90 Å². The van der Waals surface area contributed by atoms with Gasteiger partial charge >= 0.3 is 0 Å². The number of carbonyl (C=O) groups excluding carboxylic acids is 1. The Morgan fingerprint density at radius 2 is 2.06 bits per heavy atom. The zero-order valence-corrected chi connectivity index (χ0v) is 11.5. The lowest BCUT2D eigenvalue weighted by Gasteiger charge is -2.22. The van der Waals surface area contributed by atoms with E-state index in [2.05, 4.69) is 0 Å². The van der Waals surface area contributed by atoms with Gasteiger partial charge in [0.1, 0.15) is 5.75 Å². The molecule has 0 aliphatic carbocycles. The summed E-state index contributed by atoms with van der Waals surface area (Å²) in [6.07, 6.45) is 1.73. The Bertz CT molecular complexity index is 441. The first-order chi connectivity index (χ1) is 8.58. The van der Waals surface area contributed by atoms with E-state index in [1.807, 2.05) is 24.0 Å². The molecular formula is C14H18ClNO2. The standard InChI is InChI=1S/C14H18ClNO2/c1-10-5-6-12(15)9-13(10)18-11(2)14(17)16-7-3-4-8-16/h5-6,9,11H,3-4,7-8H2,1-2H3. The molecule has 1 saturated heterocycles. The Hall–Kier alpha value is -1.22. The van der Waals surface area contributed by atoms with E-state index in [0.717, 1.165) is 31.5 Å². The van der Waals surface area contributed by atoms with Gasteiger partial charge in [-0.05, 0) is 44.4 Å². The molecule has 1 amide bonds. The van der Waals surface area contributed by atoms with Crippen LogP contribution in [-0.2, 0) is 4.79 Å². The van der Waals surface area contributed by atoms with Crippen LogP contribution >= 0.6 is 11.6 Å². The average Bonchev–Trinajstić information content (AvgIpc) is 2.86. The van der Waals surface area contributed by atoms with Crippen LogP contribution < -0.4 is 4.74 Å². The topological polar surface area (TPSA) is 29.5 Å². The summed E-state index contributed by atoms with van der Waals surface area (Å²) in [5.74, 6) is 0.745. The van der Waals surface area contributed by atoms with E-state index in [1.165, 1.54) is 0 Å². The second-order valence-electron chi connectivity index (χ2n) is 4.70. The number of likely N-dealkylation sites (tertiary alicyclic amines) is 1. The number of halogens is 1. The van der Waals surface area contributed by atoms with E-state index < -0.39 is 6.10 Å². The second-order valence-corrected chi connectivity index (χ2v) is 5.14. The molecule has 0 bridgehead atoms. The maximum atomic E-state index is 12.1. The minimum absolute atomic E-state index is 0.0619. The first kappa shape index (κ1) is 13.2. The zero-order chi connectivity index (χ0) is 13.1. The first-order valence-corrected chi connectivity index (χ1v) is 6.67. The highest BCUT2D eigenvalue weighted by Gasteiger charge is 2.24. The van der Waals surface area contributed by atoms with Crippen molar-refractivity contribution in [3.8, 4) is 5.75 Å². The van der Waals surface area contributed by atoms with E-state index in [9.17, 15) is 4.79 Å². The largest absolute Gasteiger partial charge is 0.481 e. The number of rotatable bonds is 3. The quantitative estimate of drug-likeness (QED) is 0.842. The van der Waals surface area contributed by atoms with Crippen molar-refractivity contribution in [3.05, 3.63) is 28.8 Å². The number of hydrogen-bond donors (Lipinski definition) is 0. The molecule has 1 fully saturated rings. The molecule has 1 heterocycles. The molecule has 0 spiro atoms. The van der Waals surface area contributed by atoms with E-state index in [1.54, 1.807) is 13.0 Å².